The largest absolute Gasteiger partial charge is 0.477 e. The van der Waals surface area contributed by atoms with Gasteiger partial charge in [-0.05, 0) is 38.5 Å². The van der Waals surface area contributed by atoms with Gasteiger partial charge in [-0.3, -0.25) is 9.59 Å². The first kappa shape index (κ1) is 55.1. The van der Waals surface area contributed by atoms with Crippen LogP contribution in [-0.4, -0.2) is 80.6 Å². The second-order valence-electron chi connectivity index (χ2n) is 17.7. The Balaban J connectivity index is 4.16. The molecule has 0 saturated heterocycles. The highest BCUT2D eigenvalue weighted by Gasteiger charge is 2.31. The summed E-state index contributed by atoms with van der Waals surface area (Å²) in [5.74, 6) is -1.46. The van der Waals surface area contributed by atoms with Gasteiger partial charge in [-0.1, -0.05) is 187 Å². The van der Waals surface area contributed by atoms with Gasteiger partial charge in [0, 0.05) is 19.3 Å². The fourth-order valence-electron chi connectivity index (χ4n) is 7.38. The summed E-state index contributed by atoms with van der Waals surface area (Å²) in [6.45, 7) is 4.75. The summed E-state index contributed by atoms with van der Waals surface area (Å²) in [5.41, 5.74) is 0. The lowest BCUT2D eigenvalue weighted by Gasteiger charge is -2.31. The zero-order valence-electron chi connectivity index (χ0n) is 38.3. The maximum absolute atomic E-state index is 12.7. The van der Waals surface area contributed by atoms with Gasteiger partial charge in [0.2, 0.25) is 0 Å². The molecule has 8 heteroatoms. The third kappa shape index (κ3) is 39.3. The Labute approximate surface area is 352 Å². The maximum Gasteiger partial charge on any atom is 0.362 e. The average molecular weight is 809 g/mol. The fourth-order valence-corrected chi connectivity index (χ4v) is 7.38. The molecule has 0 radical (unpaired) electrons. The summed E-state index contributed by atoms with van der Waals surface area (Å²) in [7, 11) is 5.53. The van der Waals surface area contributed by atoms with Crippen molar-refractivity contribution in [2.45, 2.75) is 244 Å². The van der Waals surface area contributed by atoms with E-state index >= 15 is 0 Å². The third-order valence-electron chi connectivity index (χ3n) is 11.2. The van der Waals surface area contributed by atoms with Crippen molar-refractivity contribution in [2.24, 2.45) is 0 Å². The lowest BCUT2D eigenvalue weighted by atomic mass is 10.0. The predicted octanol–water partition coefficient (Wildman–Crippen LogP) is 13.5. The molecule has 0 bridgehead atoms. The van der Waals surface area contributed by atoms with E-state index in [2.05, 4.69) is 26.0 Å². The smallest absolute Gasteiger partial charge is 0.362 e. The Bertz CT molecular complexity index is 947. The van der Waals surface area contributed by atoms with Gasteiger partial charge in [0.25, 0.3) is 0 Å². The highest BCUT2D eigenvalue weighted by Crippen LogP contribution is 2.16. The van der Waals surface area contributed by atoms with Crippen LogP contribution in [0.3, 0.4) is 0 Å². The molecule has 57 heavy (non-hydrogen) atoms. The van der Waals surface area contributed by atoms with Crippen LogP contribution in [0.4, 0.5) is 0 Å². The number of hydrogen-bond donors (Lipinski definition) is 1. The minimum atomic E-state index is -0.873. The van der Waals surface area contributed by atoms with Gasteiger partial charge in [0.05, 0.1) is 34.4 Å². The van der Waals surface area contributed by atoms with Crippen molar-refractivity contribution < 1.29 is 38.2 Å². The zero-order valence-corrected chi connectivity index (χ0v) is 38.3. The second-order valence-corrected chi connectivity index (χ2v) is 17.7. The van der Waals surface area contributed by atoms with Crippen LogP contribution in [0.1, 0.15) is 232 Å². The first-order chi connectivity index (χ1) is 27.6. The summed E-state index contributed by atoms with van der Waals surface area (Å²) >= 11 is 0. The van der Waals surface area contributed by atoms with E-state index in [1.165, 1.54) is 161 Å². The molecule has 336 valence electrons. The minimum Gasteiger partial charge on any atom is -0.477 e. The highest BCUT2D eigenvalue weighted by molar-refractivity contribution is 5.72. The summed E-state index contributed by atoms with van der Waals surface area (Å²) in [6.07, 6.45) is 44.1. The van der Waals surface area contributed by atoms with Gasteiger partial charge >= 0.3 is 17.9 Å². The lowest BCUT2D eigenvalue weighted by molar-refractivity contribution is -0.887. The van der Waals surface area contributed by atoms with Gasteiger partial charge in [-0.2, -0.15) is 0 Å². The molecule has 0 aliphatic heterocycles. The number of nitrogens with zero attached hydrogens (tertiary/aromatic N) is 1. The van der Waals surface area contributed by atoms with Gasteiger partial charge in [0.1, 0.15) is 6.61 Å². The van der Waals surface area contributed by atoms with Crippen molar-refractivity contribution in [3.05, 3.63) is 12.2 Å². The quantitative estimate of drug-likeness (QED) is 0.0283. The number of allylic oxidation sites excluding steroid dienone is 2. The Morgan fingerprint density at radius 2 is 0.877 bits per heavy atom. The van der Waals surface area contributed by atoms with Gasteiger partial charge in [-0.15, -0.1) is 0 Å². The fraction of sp³-hybridized carbons (Fsp3) is 0.898. The van der Waals surface area contributed by atoms with Crippen LogP contribution in [0.25, 0.3) is 0 Å². The van der Waals surface area contributed by atoms with E-state index < -0.39 is 18.1 Å². The molecule has 0 spiro atoms. The molecule has 0 aliphatic rings. The number of esters is 2. The topological polar surface area (TPSA) is 99.1 Å². The molecule has 8 nitrogen and oxygen atoms in total. The number of carbonyl (C=O) groups is 3. The molecule has 0 heterocycles. The third-order valence-corrected chi connectivity index (χ3v) is 11.2. The van der Waals surface area contributed by atoms with Crippen molar-refractivity contribution in [1.29, 1.82) is 0 Å². The van der Waals surface area contributed by atoms with Crippen molar-refractivity contribution >= 4 is 17.9 Å². The lowest BCUT2D eigenvalue weighted by Crippen LogP contribution is -2.50. The molecule has 0 aromatic heterocycles. The summed E-state index contributed by atoms with van der Waals surface area (Å²) in [6, 6.07) is -0.611. The molecule has 0 rings (SSSR count). The number of quaternary nitrogens is 1. The van der Waals surface area contributed by atoms with Crippen molar-refractivity contribution in [3.63, 3.8) is 0 Å². The summed E-state index contributed by atoms with van der Waals surface area (Å²) in [5, 5.41) is 9.62. The highest BCUT2D eigenvalue weighted by atomic mass is 16.6. The molecule has 2 unspecified atom stereocenters. The standard InChI is InChI=1S/C49H93NO7/c1-6-8-10-12-14-16-18-19-20-21-22-23-24-25-26-27-28-29-30-32-34-36-38-40-48(52)57-45(43-55-42-41-46(49(53)54)50(3,4)5)44-56-47(51)39-37-35-33-31-17-15-13-11-9-7-2/h25-26,45-46H,6-24,27-44H2,1-5H3/p+1/b26-25+. The number of hydrogen-bond acceptors (Lipinski definition) is 6. The van der Waals surface area contributed by atoms with Crippen LogP contribution >= 0.6 is 0 Å². The molecule has 1 N–H and O–H groups in total. The van der Waals surface area contributed by atoms with E-state index in [1.54, 1.807) is 0 Å². The van der Waals surface area contributed by atoms with Crippen LogP contribution in [0.5, 0.6) is 0 Å². The van der Waals surface area contributed by atoms with Crippen molar-refractivity contribution in [1.82, 2.24) is 0 Å². The van der Waals surface area contributed by atoms with E-state index in [1.807, 2.05) is 21.1 Å². The van der Waals surface area contributed by atoms with Crippen LogP contribution in [0.15, 0.2) is 12.2 Å². The summed E-state index contributed by atoms with van der Waals surface area (Å²) < 4.78 is 17.3. The number of likely N-dealkylation sites (N-methyl/N-ethyl adjacent to an activating group) is 1. The van der Waals surface area contributed by atoms with Gasteiger partial charge < -0.3 is 23.8 Å². The second kappa shape index (κ2) is 40.8. The van der Waals surface area contributed by atoms with E-state index in [4.69, 9.17) is 14.2 Å². The van der Waals surface area contributed by atoms with Crippen LogP contribution in [-0.2, 0) is 28.6 Å². The zero-order chi connectivity index (χ0) is 42.1. The molecule has 0 saturated carbocycles. The number of unbranched alkanes of at least 4 members (excludes halogenated alkanes) is 28. The van der Waals surface area contributed by atoms with Gasteiger partial charge in [-0.25, -0.2) is 4.79 Å². The SMILES string of the molecule is CCCCCCCCCCCCCC/C=C/CCCCCCCCCC(=O)OC(COCCC(C(=O)O)[N+](C)(C)C)COC(=O)CCCCCCCCCCCC. The monoisotopic (exact) mass is 809 g/mol. The van der Waals surface area contributed by atoms with E-state index in [-0.39, 0.29) is 36.2 Å². The first-order valence-electron chi connectivity index (χ1n) is 24.2. The van der Waals surface area contributed by atoms with E-state index in [0.29, 0.717) is 19.3 Å². The Kier molecular flexibility index (Phi) is 39.4. The molecular weight excluding hydrogens is 715 g/mol. The van der Waals surface area contributed by atoms with E-state index in [0.717, 1.165) is 38.5 Å². The number of carboxylic acid groups (broad SMARTS) is 1. The Morgan fingerprint density at radius 1 is 0.509 bits per heavy atom. The Hall–Kier alpha value is -1.93. The number of ether oxygens (including phenoxy) is 3. The van der Waals surface area contributed by atoms with E-state index in [9.17, 15) is 19.5 Å². The Morgan fingerprint density at radius 3 is 1.26 bits per heavy atom. The average Bonchev–Trinajstić information content (AvgIpc) is 3.17. The van der Waals surface area contributed by atoms with Crippen molar-refractivity contribution in [2.75, 3.05) is 41.0 Å². The normalized spacial score (nSPS) is 12.9. The van der Waals surface area contributed by atoms with Crippen LogP contribution < -0.4 is 0 Å². The van der Waals surface area contributed by atoms with Gasteiger partial charge in [0.15, 0.2) is 12.1 Å². The van der Waals surface area contributed by atoms with Crippen LogP contribution in [0, 0.1) is 0 Å². The molecule has 0 amide bonds. The molecule has 2 atom stereocenters. The molecule has 0 aliphatic carbocycles. The number of carbonyl (C=O) groups excluding carboxylic acids is 2. The predicted molar refractivity (Wildman–Crippen MR) is 239 cm³/mol. The molecule has 0 aromatic rings. The number of rotatable bonds is 44. The molecule has 0 fully saturated rings. The molecule has 0 aromatic carbocycles. The number of carboxylic acids is 1. The van der Waals surface area contributed by atoms with Crippen LogP contribution in [0.2, 0.25) is 0 Å². The number of aliphatic carboxylic acids is 1. The first-order valence-corrected chi connectivity index (χ1v) is 24.2. The molecular formula is C49H94NO7+. The minimum absolute atomic E-state index is 0.0470. The summed E-state index contributed by atoms with van der Waals surface area (Å²) in [4.78, 5) is 37.0. The van der Waals surface area contributed by atoms with Crippen molar-refractivity contribution in [3.8, 4) is 0 Å². The maximum atomic E-state index is 12.7.